The molecule has 1 heterocycles. The summed E-state index contributed by atoms with van der Waals surface area (Å²) in [6, 6.07) is 4.10. The normalized spacial score (nSPS) is 11.3. The SMILES string of the molecule is Cn1cc(Nc2cccc(S(C)(=O)=O)c2[N+](=O)[O-])cn1. The molecule has 20 heavy (non-hydrogen) atoms. The van der Waals surface area contributed by atoms with Crippen LogP contribution in [0.3, 0.4) is 0 Å². The molecule has 0 atom stereocenters. The fourth-order valence-corrected chi connectivity index (χ4v) is 2.61. The van der Waals surface area contributed by atoms with Crippen LogP contribution < -0.4 is 5.32 Å². The van der Waals surface area contributed by atoms with Crippen LogP contribution in [0.4, 0.5) is 17.1 Å². The molecule has 1 N–H and O–H groups in total. The molecular weight excluding hydrogens is 284 g/mol. The predicted octanol–water partition coefficient (Wildman–Crippen LogP) is 1.48. The molecular formula is C11H12N4O4S. The van der Waals surface area contributed by atoms with Crippen LogP contribution in [0, 0.1) is 10.1 Å². The summed E-state index contributed by atoms with van der Waals surface area (Å²) in [5.74, 6) is 0. The zero-order valence-electron chi connectivity index (χ0n) is 10.8. The second kappa shape index (κ2) is 4.93. The lowest BCUT2D eigenvalue weighted by atomic mass is 10.2. The number of rotatable bonds is 4. The Bertz CT molecular complexity index is 766. The smallest absolute Gasteiger partial charge is 0.311 e. The van der Waals surface area contributed by atoms with Gasteiger partial charge in [-0.15, -0.1) is 0 Å². The zero-order chi connectivity index (χ0) is 14.9. The van der Waals surface area contributed by atoms with E-state index in [1.165, 1.54) is 29.1 Å². The number of aromatic nitrogens is 2. The topological polar surface area (TPSA) is 107 Å². The van der Waals surface area contributed by atoms with Crippen molar-refractivity contribution in [1.82, 2.24) is 9.78 Å². The number of nitrogens with one attached hydrogen (secondary N) is 1. The van der Waals surface area contributed by atoms with Crippen molar-refractivity contribution in [2.75, 3.05) is 11.6 Å². The largest absolute Gasteiger partial charge is 0.347 e. The van der Waals surface area contributed by atoms with Crippen LogP contribution in [0.25, 0.3) is 0 Å². The molecule has 0 amide bonds. The van der Waals surface area contributed by atoms with Gasteiger partial charge in [-0.25, -0.2) is 8.42 Å². The van der Waals surface area contributed by atoms with Crippen LogP contribution >= 0.6 is 0 Å². The summed E-state index contributed by atoms with van der Waals surface area (Å²) in [5.41, 5.74) is 0.158. The van der Waals surface area contributed by atoms with Crippen molar-refractivity contribution in [3.63, 3.8) is 0 Å². The summed E-state index contributed by atoms with van der Waals surface area (Å²) in [7, 11) is -1.99. The fraction of sp³-hybridized carbons (Fsp3) is 0.182. The van der Waals surface area contributed by atoms with Crippen LogP contribution in [-0.2, 0) is 16.9 Å². The molecule has 0 saturated carbocycles. The van der Waals surface area contributed by atoms with Gasteiger partial charge in [0, 0.05) is 19.5 Å². The Morgan fingerprint density at radius 2 is 2.10 bits per heavy atom. The molecule has 9 heteroatoms. The molecule has 0 radical (unpaired) electrons. The van der Waals surface area contributed by atoms with Gasteiger partial charge in [0.2, 0.25) is 0 Å². The number of para-hydroxylation sites is 1. The minimum atomic E-state index is -3.69. The first-order valence-corrected chi connectivity index (χ1v) is 7.41. The Balaban J connectivity index is 2.56. The molecule has 0 aliphatic heterocycles. The lowest BCUT2D eigenvalue weighted by molar-refractivity contribution is -0.386. The standard InChI is InChI=1S/C11H12N4O4S/c1-14-7-8(6-12-14)13-9-4-3-5-10(20(2,18)19)11(9)15(16)17/h3-7,13H,1-2H3. The van der Waals surface area contributed by atoms with Gasteiger partial charge >= 0.3 is 5.69 Å². The number of anilines is 2. The number of hydrogen-bond donors (Lipinski definition) is 1. The second-order valence-electron chi connectivity index (χ2n) is 4.21. The van der Waals surface area contributed by atoms with Gasteiger partial charge in [0.15, 0.2) is 9.84 Å². The van der Waals surface area contributed by atoms with Gasteiger partial charge in [-0.05, 0) is 12.1 Å². The van der Waals surface area contributed by atoms with Crippen LogP contribution in [0.2, 0.25) is 0 Å². The van der Waals surface area contributed by atoms with Crippen molar-refractivity contribution in [2.45, 2.75) is 4.90 Å². The second-order valence-corrected chi connectivity index (χ2v) is 6.19. The summed E-state index contributed by atoms with van der Waals surface area (Å²) < 4.78 is 24.8. The van der Waals surface area contributed by atoms with Gasteiger partial charge in [-0.3, -0.25) is 14.8 Å². The average molecular weight is 296 g/mol. The van der Waals surface area contributed by atoms with Crippen LogP contribution in [-0.4, -0.2) is 29.4 Å². The van der Waals surface area contributed by atoms with E-state index in [0.29, 0.717) is 5.69 Å². The van der Waals surface area contributed by atoms with E-state index >= 15 is 0 Å². The number of nitro groups is 1. The van der Waals surface area contributed by atoms with Gasteiger partial charge in [0.1, 0.15) is 10.6 Å². The lowest BCUT2D eigenvalue weighted by Crippen LogP contribution is -2.05. The van der Waals surface area contributed by atoms with E-state index in [1.54, 1.807) is 13.2 Å². The molecule has 0 spiro atoms. The molecule has 0 fully saturated rings. The third-order valence-corrected chi connectivity index (χ3v) is 3.69. The molecule has 0 bridgehead atoms. The number of nitrogens with zero attached hydrogens (tertiary/aromatic N) is 3. The maximum atomic E-state index is 11.6. The van der Waals surface area contributed by atoms with Crippen LogP contribution in [0.1, 0.15) is 0 Å². The Kier molecular flexibility index (Phi) is 3.45. The quantitative estimate of drug-likeness (QED) is 0.676. The third kappa shape index (κ3) is 2.77. The first-order valence-electron chi connectivity index (χ1n) is 5.52. The predicted molar refractivity (Wildman–Crippen MR) is 72.7 cm³/mol. The average Bonchev–Trinajstić information content (AvgIpc) is 2.73. The van der Waals surface area contributed by atoms with Gasteiger partial charge in [0.25, 0.3) is 0 Å². The first kappa shape index (κ1) is 14.0. The molecule has 106 valence electrons. The molecule has 2 rings (SSSR count). The minimum Gasteiger partial charge on any atom is -0.347 e. The van der Waals surface area contributed by atoms with Crippen molar-refractivity contribution < 1.29 is 13.3 Å². The Morgan fingerprint density at radius 1 is 1.40 bits per heavy atom. The van der Waals surface area contributed by atoms with Gasteiger partial charge in [-0.1, -0.05) is 6.07 Å². The summed E-state index contributed by atoms with van der Waals surface area (Å²) in [5, 5.41) is 17.9. The van der Waals surface area contributed by atoms with Gasteiger partial charge < -0.3 is 5.32 Å². The number of nitro benzene ring substituents is 1. The van der Waals surface area contributed by atoms with E-state index in [2.05, 4.69) is 10.4 Å². The minimum absolute atomic E-state index is 0.103. The monoisotopic (exact) mass is 296 g/mol. The maximum absolute atomic E-state index is 11.6. The van der Waals surface area contributed by atoms with Crippen LogP contribution in [0.5, 0.6) is 0 Å². The van der Waals surface area contributed by atoms with Crippen molar-refractivity contribution in [3.8, 4) is 0 Å². The molecule has 8 nitrogen and oxygen atoms in total. The van der Waals surface area contributed by atoms with E-state index in [9.17, 15) is 18.5 Å². The Hall–Kier alpha value is -2.42. The molecule has 1 aromatic carbocycles. The van der Waals surface area contributed by atoms with Gasteiger partial charge in [-0.2, -0.15) is 5.10 Å². The Morgan fingerprint density at radius 3 is 2.60 bits per heavy atom. The highest BCUT2D eigenvalue weighted by Crippen LogP contribution is 2.33. The number of benzene rings is 1. The molecule has 0 aliphatic rings. The van der Waals surface area contributed by atoms with E-state index in [-0.39, 0.29) is 10.6 Å². The van der Waals surface area contributed by atoms with Crippen molar-refractivity contribution >= 4 is 26.9 Å². The van der Waals surface area contributed by atoms with E-state index < -0.39 is 20.4 Å². The third-order valence-electron chi connectivity index (χ3n) is 2.56. The van der Waals surface area contributed by atoms with E-state index in [0.717, 1.165) is 6.26 Å². The van der Waals surface area contributed by atoms with E-state index in [4.69, 9.17) is 0 Å². The highest BCUT2D eigenvalue weighted by molar-refractivity contribution is 7.90. The zero-order valence-corrected chi connectivity index (χ0v) is 11.6. The molecule has 1 aromatic heterocycles. The first-order chi connectivity index (χ1) is 9.29. The fourth-order valence-electron chi connectivity index (χ4n) is 1.75. The van der Waals surface area contributed by atoms with Crippen molar-refractivity contribution in [2.24, 2.45) is 7.05 Å². The van der Waals surface area contributed by atoms with Crippen LogP contribution in [0.15, 0.2) is 35.5 Å². The highest BCUT2D eigenvalue weighted by Gasteiger charge is 2.26. The molecule has 0 unspecified atom stereocenters. The van der Waals surface area contributed by atoms with Gasteiger partial charge in [0.05, 0.1) is 16.8 Å². The maximum Gasteiger partial charge on any atom is 0.311 e. The molecule has 2 aromatic rings. The van der Waals surface area contributed by atoms with E-state index in [1.807, 2.05) is 0 Å². The molecule has 0 aliphatic carbocycles. The molecule has 0 saturated heterocycles. The van der Waals surface area contributed by atoms with Crippen molar-refractivity contribution in [3.05, 3.63) is 40.7 Å². The highest BCUT2D eigenvalue weighted by atomic mass is 32.2. The summed E-state index contributed by atoms with van der Waals surface area (Å²) in [6.07, 6.45) is 4.04. The summed E-state index contributed by atoms with van der Waals surface area (Å²) >= 11 is 0. The number of sulfone groups is 1. The Labute approximate surface area is 115 Å². The number of hydrogen-bond acceptors (Lipinski definition) is 6. The summed E-state index contributed by atoms with van der Waals surface area (Å²) in [4.78, 5) is 10.1. The van der Waals surface area contributed by atoms with Crippen molar-refractivity contribution in [1.29, 1.82) is 0 Å². The summed E-state index contributed by atoms with van der Waals surface area (Å²) in [6.45, 7) is 0. The number of aryl methyl sites for hydroxylation is 1. The lowest BCUT2D eigenvalue weighted by Gasteiger charge is -2.07.